The maximum absolute atomic E-state index is 13.5. The molecule has 0 saturated carbocycles. The van der Waals surface area contributed by atoms with Crippen LogP contribution in [0.25, 0.3) is 0 Å². The van der Waals surface area contributed by atoms with Gasteiger partial charge in [0.15, 0.2) is 5.11 Å². The zero-order chi connectivity index (χ0) is 14.4. The van der Waals surface area contributed by atoms with Crippen LogP contribution in [0.1, 0.15) is 0 Å². The van der Waals surface area contributed by atoms with Gasteiger partial charge in [-0.3, -0.25) is 10.1 Å². The molecule has 0 atom stereocenters. The third kappa shape index (κ3) is 5.14. The van der Waals surface area contributed by atoms with Crippen molar-refractivity contribution < 1.29 is 9.31 Å². The molecule has 8 heteroatoms. The number of anilines is 1. The Morgan fingerprint density at radius 1 is 1.53 bits per heavy atom. The number of thiocarbonyl (C=S) groups is 1. The van der Waals surface area contributed by atoms with Crippen LogP contribution in [0.5, 0.6) is 0 Å². The van der Waals surface area contributed by atoms with E-state index in [4.69, 9.17) is 12.2 Å². The second-order valence-electron chi connectivity index (χ2n) is 4.11. The number of benzene rings is 1. The molecule has 1 aromatic rings. The lowest BCUT2D eigenvalue weighted by Gasteiger charge is -2.13. The first-order valence-corrected chi connectivity index (χ1v) is 5.94. The SMILES string of the molecule is CN(C)CCNC(=S)Nc1cc([N+](=O)[O-])ccc1F. The van der Waals surface area contributed by atoms with Crippen LogP contribution in [0.4, 0.5) is 15.8 Å². The topological polar surface area (TPSA) is 70.4 Å². The smallest absolute Gasteiger partial charge is 0.271 e. The predicted molar refractivity (Wildman–Crippen MR) is 75.8 cm³/mol. The summed E-state index contributed by atoms with van der Waals surface area (Å²) >= 11 is 4.98. The second kappa shape index (κ2) is 6.95. The fourth-order valence-corrected chi connectivity index (χ4v) is 1.49. The summed E-state index contributed by atoms with van der Waals surface area (Å²) in [5.74, 6) is -0.595. The van der Waals surface area contributed by atoms with Crippen molar-refractivity contribution in [2.45, 2.75) is 0 Å². The number of non-ortho nitro benzene ring substituents is 1. The maximum atomic E-state index is 13.5. The van der Waals surface area contributed by atoms with E-state index < -0.39 is 10.7 Å². The molecule has 0 unspecified atom stereocenters. The minimum Gasteiger partial charge on any atom is -0.361 e. The number of nitro benzene ring substituents is 1. The molecule has 0 radical (unpaired) electrons. The molecule has 1 aromatic carbocycles. The van der Waals surface area contributed by atoms with E-state index in [0.29, 0.717) is 6.54 Å². The van der Waals surface area contributed by atoms with Crippen LogP contribution in [0.15, 0.2) is 18.2 Å². The molecule has 104 valence electrons. The van der Waals surface area contributed by atoms with Crippen molar-refractivity contribution in [1.29, 1.82) is 0 Å². The number of nitrogens with one attached hydrogen (secondary N) is 2. The van der Waals surface area contributed by atoms with Gasteiger partial charge in [0.25, 0.3) is 5.69 Å². The molecule has 0 saturated heterocycles. The number of halogens is 1. The second-order valence-corrected chi connectivity index (χ2v) is 4.51. The van der Waals surface area contributed by atoms with Gasteiger partial charge in [-0.25, -0.2) is 4.39 Å². The van der Waals surface area contributed by atoms with Gasteiger partial charge in [-0.1, -0.05) is 0 Å². The van der Waals surface area contributed by atoms with Gasteiger partial charge < -0.3 is 15.5 Å². The van der Waals surface area contributed by atoms with Crippen molar-refractivity contribution in [3.05, 3.63) is 34.1 Å². The van der Waals surface area contributed by atoms with E-state index in [1.807, 2.05) is 19.0 Å². The van der Waals surface area contributed by atoms with Crippen molar-refractivity contribution in [2.24, 2.45) is 0 Å². The fraction of sp³-hybridized carbons (Fsp3) is 0.364. The average molecular weight is 286 g/mol. The number of hydrogen-bond acceptors (Lipinski definition) is 4. The highest BCUT2D eigenvalue weighted by atomic mass is 32.1. The monoisotopic (exact) mass is 286 g/mol. The summed E-state index contributed by atoms with van der Waals surface area (Å²) in [6.45, 7) is 1.36. The number of nitro groups is 1. The number of hydrogen-bond donors (Lipinski definition) is 2. The Morgan fingerprint density at radius 2 is 2.21 bits per heavy atom. The van der Waals surface area contributed by atoms with Gasteiger partial charge in [0.05, 0.1) is 10.6 Å². The predicted octanol–water partition coefficient (Wildman–Crippen LogP) is 1.58. The lowest BCUT2D eigenvalue weighted by Crippen LogP contribution is -2.34. The minimum absolute atomic E-state index is 0.0171. The summed E-state index contributed by atoms with van der Waals surface area (Å²) in [6, 6.07) is 3.24. The molecule has 0 heterocycles. The van der Waals surface area contributed by atoms with E-state index in [1.165, 1.54) is 0 Å². The Hall–Kier alpha value is -1.80. The average Bonchev–Trinajstić information content (AvgIpc) is 2.31. The normalized spacial score (nSPS) is 10.3. The molecule has 0 aliphatic heterocycles. The molecular weight excluding hydrogens is 271 g/mol. The summed E-state index contributed by atoms with van der Waals surface area (Å²) in [4.78, 5) is 12.0. The molecule has 0 spiro atoms. The summed E-state index contributed by atoms with van der Waals surface area (Å²) < 4.78 is 13.5. The Balaban J connectivity index is 2.63. The van der Waals surface area contributed by atoms with Crippen molar-refractivity contribution in [1.82, 2.24) is 10.2 Å². The van der Waals surface area contributed by atoms with E-state index in [-0.39, 0.29) is 16.5 Å². The molecule has 1 rings (SSSR count). The Kier molecular flexibility index (Phi) is 5.58. The number of nitrogens with zero attached hydrogens (tertiary/aromatic N) is 2. The van der Waals surface area contributed by atoms with Gasteiger partial charge in [-0.05, 0) is 32.4 Å². The zero-order valence-corrected chi connectivity index (χ0v) is 11.5. The van der Waals surface area contributed by atoms with E-state index in [9.17, 15) is 14.5 Å². The van der Waals surface area contributed by atoms with E-state index in [0.717, 1.165) is 24.7 Å². The molecule has 19 heavy (non-hydrogen) atoms. The van der Waals surface area contributed by atoms with Crippen molar-refractivity contribution in [2.75, 3.05) is 32.5 Å². The summed E-state index contributed by atoms with van der Waals surface area (Å²) in [7, 11) is 3.83. The van der Waals surface area contributed by atoms with E-state index in [1.54, 1.807) is 0 Å². The molecule has 2 N–H and O–H groups in total. The Morgan fingerprint density at radius 3 is 2.79 bits per heavy atom. The third-order valence-electron chi connectivity index (χ3n) is 2.25. The Labute approximate surface area is 115 Å². The minimum atomic E-state index is -0.595. The molecule has 0 aliphatic carbocycles. The first-order chi connectivity index (χ1) is 8.90. The quantitative estimate of drug-likeness (QED) is 0.486. The highest BCUT2D eigenvalue weighted by Crippen LogP contribution is 2.20. The van der Waals surface area contributed by atoms with Gasteiger partial charge in [0.1, 0.15) is 5.82 Å². The zero-order valence-electron chi connectivity index (χ0n) is 10.6. The van der Waals surface area contributed by atoms with Crippen LogP contribution in [0.3, 0.4) is 0 Å². The van der Waals surface area contributed by atoms with Gasteiger partial charge in [-0.15, -0.1) is 0 Å². The van der Waals surface area contributed by atoms with Crippen molar-refractivity contribution >= 4 is 28.7 Å². The summed E-state index contributed by atoms with van der Waals surface area (Å²) in [5, 5.41) is 16.3. The van der Waals surface area contributed by atoms with Crippen LogP contribution < -0.4 is 10.6 Å². The first kappa shape index (κ1) is 15.3. The van der Waals surface area contributed by atoms with Crippen LogP contribution in [0, 0.1) is 15.9 Å². The molecule has 6 nitrogen and oxygen atoms in total. The molecular formula is C11H15FN4O2S. The van der Waals surface area contributed by atoms with Crippen LogP contribution in [-0.2, 0) is 0 Å². The van der Waals surface area contributed by atoms with E-state index >= 15 is 0 Å². The van der Waals surface area contributed by atoms with Crippen LogP contribution in [0.2, 0.25) is 0 Å². The molecule has 0 aromatic heterocycles. The van der Waals surface area contributed by atoms with Gasteiger partial charge in [0.2, 0.25) is 0 Å². The molecule has 0 aliphatic rings. The van der Waals surface area contributed by atoms with Gasteiger partial charge >= 0.3 is 0 Å². The molecule has 0 bridgehead atoms. The largest absolute Gasteiger partial charge is 0.361 e. The molecule has 0 fully saturated rings. The summed E-state index contributed by atoms with van der Waals surface area (Å²) in [5.41, 5.74) is -0.212. The maximum Gasteiger partial charge on any atom is 0.271 e. The van der Waals surface area contributed by atoms with Crippen molar-refractivity contribution in [3.63, 3.8) is 0 Å². The van der Waals surface area contributed by atoms with Gasteiger partial charge in [0, 0.05) is 25.2 Å². The van der Waals surface area contributed by atoms with Crippen molar-refractivity contribution in [3.8, 4) is 0 Å². The lowest BCUT2D eigenvalue weighted by molar-refractivity contribution is -0.384. The third-order valence-corrected chi connectivity index (χ3v) is 2.50. The number of likely N-dealkylation sites (N-methyl/N-ethyl adjacent to an activating group) is 1. The molecule has 0 amide bonds. The lowest BCUT2D eigenvalue weighted by atomic mass is 10.2. The highest BCUT2D eigenvalue weighted by molar-refractivity contribution is 7.80. The van der Waals surface area contributed by atoms with Crippen LogP contribution >= 0.6 is 12.2 Å². The Bertz CT molecular complexity index is 482. The van der Waals surface area contributed by atoms with Gasteiger partial charge in [-0.2, -0.15) is 0 Å². The number of rotatable bonds is 5. The highest BCUT2D eigenvalue weighted by Gasteiger charge is 2.11. The standard InChI is InChI=1S/C11H15FN4O2S/c1-15(2)6-5-13-11(19)14-10-7-8(16(17)18)3-4-9(10)12/h3-4,7H,5-6H2,1-2H3,(H2,13,14,19). The first-order valence-electron chi connectivity index (χ1n) is 5.53. The van der Waals surface area contributed by atoms with E-state index in [2.05, 4.69) is 10.6 Å². The fourth-order valence-electron chi connectivity index (χ4n) is 1.28. The van der Waals surface area contributed by atoms with Crippen LogP contribution in [-0.4, -0.2) is 42.1 Å². The summed E-state index contributed by atoms with van der Waals surface area (Å²) in [6.07, 6.45) is 0.